The molecule has 1 aromatic heterocycles. The van der Waals surface area contributed by atoms with Crippen LogP contribution in [0.1, 0.15) is 5.89 Å². The Balaban J connectivity index is 2.12. The van der Waals surface area contributed by atoms with Crippen molar-refractivity contribution in [2.45, 2.75) is 19.0 Å². The summed E-state index contributed by atoms with van der Waals surface area (Å²) in [6.45, 7) is 0. The van der Waals surface area contributed by atoms with E-state index in [1.165, 1.54) is 0 Å². The van der Waals surface area contributed by atoms with Crippen LogP contribution in [0.4, 0.5) is 8.78 Å². The molecule has 1 aromatic carbocycles. The van der Waals surface area contributed by atoms with Gasteiger partial charge in [-0.25, -0.2) is 8.78 Å². The molecule has 6 heteroatoms. The van der Waals surface area contributed by atoms with Crippen LogP contribution in [0.25, 0.3) is 11.4 Å². The van der Waals surface area contributed by atoms with E-state index in [2.05, 4.69) is 10.1 Å². The van der Waals surface area contributed by atoms with Gasteiger partial charge >= 0.3 is 0 Å². The Morgan fingerprint density at radius 1 is 1.24 bits per heavy atom. The Kier molecular flexibility index (Phi) is 3.43. The summed E-state index contributed by atoms with van der Waals surface area (Å²) < 4.78 is 29.0. The van der Waals surface area contributed by atoms with E-state index in [0.29, 0.717) is 5.82 Å². The van der Waals surface area contributed by atoms with Gasteiger partial charge in [-0.15, -0.1) is 0 Å². The van der Waals surface area contributed by atoms with Crippen LogP contribution < -0.4 is 0 Å². The first kappa shape index (κ1) is 11.7. The van der Waals surface area contributed by atoms with Crippen molar-refractivity contribution in [1.82, 2.24) is 10.1 Å². The van der Waals surface area contributed by atoms with E-state index < -0.39 is 12.5 Å². The normalized spacial score (nSPS) is 12.9. The molecule has 0 aliphatic rings. The highest BCUT2D eigenvalue weighted by molar-refractivity contribution is 5.53. The summed E-state index contributed by atoms with van der Waals surface area (Å²) >= 11 is 0. The van der Waals surface area contributed by atoms with E-state index in [1.807, 2.05) is 6.07 Å². The standard InChI is InChI=1S/C11H10F2N2O2/c12-10(13)8(16)6-9-14-11(15-17-9)7-4-2-1-3-5-7/h1-5,8,10,16H,6H2. The molecule has 2 aromatic rings. The molecule has 0 saturated heterocycles. The Labute approximate surface area is 95.9 Å². The van der Waals surface area contributed by atoms with E-state index in [1.54, 1.807) is 24.3 Å². The van der Waals surface area contributed by atoms with Gasteiger partial charge in [0, 0.05) is 5.56 Å². The highest BCUT2D eigenvalue weighted by atomic mass is 19.3. The van der Waals surface area contributed by atoms with Crippen LogP contribution in [-0.2, 0) is 6.42 Å². The minimum absolute atomic E-state index is 0.00310. The minimum atomic E-state index is -2.82. The largest absolute Gasteiger partial charge is 0.387 e. The van der Waals surface area contributed by atoms with Crippen LogP contribution in [0.3, 0.4) is 0 Å². The zero-order valence-corrected chi connectivity index (χ0v) is 8.75. The van der Waals surface area contributed by atoms with Crippen LogP contribution in [0, 0.1) is 0 Å². The molecular formula is C11H10F2N2O2. The molecule has 4 nitrogen and oxygen atoms in total. The van der Waals surface area contributed by atoms with Gasteiger partial charge in [0.1, 0.15) is 6.10 Å². The van der Waals surface area contributed by atoms with Crippen LogP contribution in [-0.4, -0.2) is 27.8 Å². The van der Waals surface area contributed by atoms with Crippen molar-refractivity contribution in [3.63, 3.8) is 0 Å². The van der Waals surface area contributed by atoms with Gasteiger partial charge in [0.05, 0.1) is 6.42 Å². The van der Waals surface area contributed by atoms with Crippen molar-refractivity contribution < 1.29 is 18.4 Å². The van der Waals surface area contributed by atoms with Crippen molar-refractivity contribution >= 4 is 0 Å². The van der Waals surface area contributed by atoms with Crippen LogP contribution in [0.5, 0.6) is 0 Å². The van der Waals surface area contributed by atoms with Crippen LogP contribution in [0.2, 0.25) is 0 Å². The first-order valence-electron chi connectivity index (χ1n) is 5.01. The lowest BCUT2D eigenvalue weighted by atomic mass is 10.2. The number of aliphatic hydroxyl groups excluding tert-OH is 1. The number of hydrogen-bond acceptors (Lipinski definition) is 4. The Morgan fingerprint density at radius 2 is 1.94 bits per heavy atom. The summed E-state index contributed by atoms with van der Waals surface area (Å²) in [5.74, 6) is 0.318. The molecule has 0 spiro atoms. The summed E-state index contributed by atoms with van der Waals surface area (Å²) in [6, 6.07) is 9.00. The number of nitrogens with zero attached hydrogens (tertiary/aromatic N) is 2. The molecule has 0 fully saturated rings. The highest BCUT2D eigenvalue weighted by Gasteiger charge is 2.20. The smallest absolute Gasteiger partial charge is 0.264 e. The van der Waals surface area contributed by atoms with E-state index in [-0.39, 0.29) is 12.3 Å². The molecule has 1 atom stereocenters. The van der Waals surface area contributed by atoms with Gasteiger partial charge in [-0.2, -0.15) is 4.98 Å². The molecule has 1 N–H and O–H groups in total. The topological polar surface area (TPSA) is 59.2 Å². The van der Waals surface area contributed by atoms with E-state index in [0.717, 1.165) is 5.56 Å². The Morgan fingerprint density at radius 3 is 2.59 bits per heavy atom. The molecule has 0 aliphatic carbocycles. The maximum Gasteiger partial charge on any atom is 0.264 e. The zero-order valence-electron chi connectivity index (χ0n) is 8.75. The van der Waals surface area contributed by atoms with Gasteiger partial charge in [0.25, 0.3) is 6.43 Å². The lowest BCUT2D eigenvalue weighted by Crippen LogP contribution is -2.20. The number of aliphatic hydroxyl groups is 1. The SMILES string of the molecule is OC(Cc1nc(-c2ccccc2)no1)C(F)F. The molecule has 0 amide bonds. The van der Waals surface area contributed by atoms with E-state index in [9.17, 15) is 8.78 Å². The summed E-state index contributed by atoms with van der Waals surface area (Å²) in [5.41, 5.74) is 0.731. The molecule has 1 unspecified atom stereocenters. The van der Waals surface area contributed by atoms with Gasteiger partial charge < -0.3 is 9.63 Å². The first-order chi connectivity index (χ1) is 8.16. The molecule has 0 radical (unpaired) electrons. The lowest BCUT2D eigenvalue weighted by molar-refractivity contribution is -0.00754. The molecule has 0 saturated carbocycles. The third-order valence-electron chi connectivity index (χ3n) is 2.17. The van der Waals surface area contributed by atoms with Crippen molar-refractivity contribution in [2.24, 2.45) is 0 Å². The summed E-state index contributed by atoms with van der Waals surface area (Å²) in [4.78, 5) is 3.93. The highest BCUT2D eigenvalue weighted by Crippen LogP contribution is 2.16. The minimum Gasteiger partial charge on any atom is -0.387 e. The Bertz CT molecular complexity index is 473. The second-order valence-corrected chi connectivity index (χ2v) is 3.48. The van der Waals surface area contributed by atoms with E-state index >= 15 is 0 Å². The molecule has 1 heterocycles. The number of halogens is 2. The maximum atomic E-state index is 12.1. The molecule has 90 valence electrons. The van der Waals surface area contributed by atoms with Crippen LogP contribution >= 0.6 is 0 Å². The average Bonchev–Trinajstić information content (AvgIpc) is 2.78. The molecule has 17 heavy (non-hydrogen) atoms. The van der Waals surface area contributed by atoms with Crippen molar-refractivity contribution in [1.29, 1.82) is 0 Å². The number of hydrogen-bond donors (Lipinski definition) is 1. The van der Waals surface area contributed by atoms with Crippen molar-refractivity contribution in [2.75, 3.05) is 0 Å². The van der Waals surface area contributed by atoms with Crippen molar-refractivity contribution in [3.8, 4) is 11.4 Å². The molecule has 2 rings (SSSR count). The van der Waals surface area contributed by atoms with Crippen molar-refractivity contribution in [3.05, 3.63) is 36.2 Å². The fraction of sp³-hybridized carbons (Fsp3) is 0.273. The first-order valence-corrected chi connectivity index (χ1v) is 5.01. The predicted octanol–water partition coefficient (Wildman–Crippen LogP) is 1.91. The maximum absolute atomic E-state index is 12.1. The number of rotatable bonds is 4. The van der Waals surface area contributed by atoms with Gasteiger partial charge in [-0.05, 0) is 0 Å². The Hall–Kier alpha value is -1.82. The summed E-state index contributed by atoms with van der Waals surface area (Å²) in [5, 5.41) is 12.6. The fourth-order valence-corrected chi connectivity index (χ4v) is 1.31. The predicted molar refractivity (Wildman–Crippen MR) is 55.4 cm³/mol. The number of aromatic nitrogens is 2. The van der Waals surface area contributed by atoms with Gasteiger partial charge in [-0.1, -0.05) is 35.5 Å². The average molecular weight is 240 g/mol. The van der Waals surface area contributed by atoms with E-state index in [4.69, 9.17) is 9.63 Å². The number of benzene rings is 1. The summed E-state index contributed by atoms with van der Waals surface area (Å²) in [7, 11) is 0. The summed E-state index contributed by atoms with van der Waals surface area (Å²) in [6.07, 6.45) is -4.95. The van der Waals surface area contributed by atoms with Gasteiger partial charge in [0.2, 0.25) is 11.7 Å². The third-order valence-corrected chi connectivity index (χ3v) is 2.17. The van der Waals surface area contributed by atoms with Gasteiger partial charge in [0.15, 0.2) is 0 Å². The van der Waals surface area contributed by atoms with Gasteiger partial charge in [-0.3, -0.25) is 0 Å². The van der Waals surface area contributed by atoms with Crippen LogP contribution in [0.15, 0.2) is 34.9 Å². The monoisotopic (exact) mass is 240 g/mol. The third kappa shape index (κ3) is 2.85. The number of alkyl halides is 2. The lowest BCUT2D eigenvalue weighted by Gasteiger charge is -2.04. The second-order valence-electron chi connectivity index (χ2n) is 3.48. The molecular weight excluding hydrogens is 230 g/mol. The quantitative estimate of drug-likeness (QED) is 0.886. The molecule has 0 bridgehead atoms. The zero-order chi connectivity index (χ0) is 12.3. The fourth-order valence-electron chi connectivity index (χ4n) is 1.31. The molecule has 0 aliphatic heterocycles. The second kappa shape index (κ2) is 5.01.